The van der Waals surface area contributed by atoms with E-state index < -0.39 is 5.60 Å². The monoisotopic (exact) mass is 383 g/mol. The zero-order valence-electron chi connectivity index (χ0n) is 16.9. The van der Waals surface area contributed by atoms with Crippen LogP contribution in [0.4, 0.5) is 0 Å². The molecule has 1 aliphatic heterocycles. The van der Waals surface area contributed by atoms with Crippen LogP contribution >= 0.6 is 0 Å². The molecule has 2 aromatic carbocycles. The number of carbonyl (C=O) groups is 1. The van der Waals surface area contributed by atoms with Gasteiger partial charge in [-0.15, -0.1) is 0 Å². The lowest BCUT2D eigenvalue weighted by Gasteiger charge is -2.38. The van der Waals surface area contributed by atoms with Crippen LogP contribution in [0.1, 0.15) is 39.9 Å². The molecular weight excluding hydrogens is 354 g/mol. The van der Waals surface area contributed by atoms with Crippen molar-refractivity contribution in [1.82, 2.24) is 4.90 Å². The number of aliphatic hydroxyl groups is 1. The summed E-state index contributed by atoms with van der Waals surface area (Å²) in [5, 5.41) is 10.8. The number of carbonyl (C=O) groups excluding carboxylic acids is 1. The van der Waals surface area contributed by atoms with Crippen LogP contribution in [0.25, 0.3) is 0 Å². The van der Waals surface area contributed by atoms with Gasteiger partial charge in [-0.05, 0) is 67.6 Å². The molecule has 0 radical (unpaired) electrons. The Morgan fingerprint density at radius 1 is 1.07 bits per heavy atom. The van der Waals surface area contributed by atoms with Gasteiger partial charge in [0.25, 0.3) is 5.91 Å². The van der Waals surface area contributed by atoms with Gasteiger partial charge in [-0.3, -0.25) is 4.79 Å². The number of likely N-dealkylation sites (tertiary alicyclic amines) is 1. The Morgan fingerprint density at radius 3 is 2.36 bits per heavy atom. The van der Waals surface area contributed by atoms with Crippen molar-refractivity contribution in [2.24, 2.45) is 0 Å². The fourth-order valence-electron chi connectivity index (χ4n) is 3.38. The second kappa shape index (κ2) is 8.76. The van der Waals surface area contributed by atoms with E-state index in [0.29, 0.717) is 38.1 Å². The molecule has 5 heteroatoms. The minimum absolute atomic E-state index is 0.00101. The summed E-state index contributed by atoms with van der Waals surface area (Å²) in [5.74, 6) is 0.771. The quantitative estimate of drug-likeness (QED) is 0.830. The molecule has 1 amide bonds. The average molecular weight is 383 g/mol. The van der Waals surface area contributed by atoms with Gasteiger partial charge in [0.15, 0.2) is 0 Å². The van der Waals surface area contributed by atoms with Crippen molar-refractivity contribution in [3.63, 3.8) is 0 Å². The summed E-state index contributed by atoms with van der Waals surface area (Å²) >= 11 is 0. The molecule has 0 unspecified atom stereocenters. The van der Waals surface area contributed by atoms with Crippen LogP contribution in [0, 0.1) is 13.8 Å². The molecule has 5 nitrogen and oxygen atoms in total. The molecule has 0 atom stereocenters. The van der Waals surface area contributed by atoms with Gasteiger partial charge < -0.3 is 19.5 Å². The Morgan fingerprint density at radius 2 is 1.75 bits per heavy atom. The highest BCUT2D eigenvalue weighted by molar-refractivity contribution is 5.94. The summed E-state index contributed by atoms with van der Waals surface area (Å²) in [4.78, 5) is 14.5. The van der Waals surface area contributed by atoms with Crippen molar-refractivity contribution in [1.29, 1.82) is 0 Å². The van der Waals surface area contributed by atoms with Gasteiger partial charge in [-0.1, -0.05) is 18.2 Å². The van der Waals surface area contributed by atoms with Gasteiger partial charge in [0.2, 0.25) is 0 Å². The molecule has 3 rings (SSSR count). The second-order valence-electron chi connectivity index (χ2n) is 7.68. The Balaban J connectivity index is 1.53. The van der Waals surface area contributed by atoms with Crippen LogP contribution in [-0.4, -0.2) is 48.3 Å². The van der Waals surface area contributed by atoms with Gasteiger partial charge in [-0.2, -0.15) is 0 Å². The van der Waals surface area contributed by atoms with E-state index in [1.807, 2.05) is 49.4 Å². The number of aryl methyl sites for hydroxylation is 2. The van der Waals surface area contributed by atoms with Crippen molar-refractivity contribution >= 4 is 5.91 Å². The molecule has 1 heterocycles. The number of methoxy groups -OCH3 is 1. The van der Waals surface area contributed by atoms with E-state index in [9.17, 15) is 9.90 Å². The lowest BCUT2D eigenvalue weighted by Crippen LogP contribution is -2.49. The third kappa shape index (κ3) is 4.91. The highest BCUT2D eigenvalue weighted by Gasteiger charge is 2.35. The Hall–Kier alpha value is -2.37. The predicted octanol–water partition coefficient (Wildman–Crippen LogP) is 3.50. The molecule has 150 valence electrons. The van der Waals surface area contributed by atoms with Crippen LogP contribution in [-0.2, 0) is 11.3 Å². The van der Waals surface area contributed by atoms with Crippen LogP contribution < -0.4 is 4.74 Å². The van der Waals surface area contributed by atoms with Crippen LogP contribution in [0.5, 0.6) is 5.75 Å². The maximum atomic E-state index is 12.7. The van der Waals surface area contributed by atoms with Crippen LogP contribution in [0.15, 0.2) is 42.5 Å². The Bertz CT molecular complexity index is 808. The molecule has 1 saturated heterocycles. The minimum Gasteiger partial charge on any atom is -0.491 e. The topological polar surface area (TPSA) is 59.0 Å². The summed E-state index contributed by atoms with van der Waals surface area (Å²) in [6.45, 7) is 5.92. The van der Waals surface area contributed by atoms with Gasteiger partial charge in [0, 0.05) is 25.8 Å². The van der Waals surface area contributed by atoms with Crippen LogP contribution in [0.2, 0.25) is 0 Å². The molecule has 0 saturated carbocycles. The fraction of sp³-hybridized carbons (Fsp3) is 0.435. The van der Waals surface area contributed by atoms with Crippen molar-refractivity contribution in [3.8, 4) is 5.75 Å². The van der Waals surface area contributed by atoms with E-state index in [0.717, 1.165) is 11.3 Å². The molecule has 0 aromatic heterocycles. The second-order valence-corrected chi connectivity index (χ2v) is 7.68. The zero-order valence-corrected chi connectivity index (χ0v) is 16.9. The maximum absolute atomic E-state index is 12.7. The van der Waals surface area contributed by atoms with E-state index in [1.54, 1.807) is 12.0 Å². The van der Waals surface area contributed by atoms with Gasteiger partial charge >= 0.3 is 0 Å². The van der Waals surface area contributed by atoms with Crippen LogP contribution in [0.3, 0.4) is 0 Å². The van der Waals surface area contributed by atoms with Gasteiger partial charge in [-0.25, -0.2) is 0 Å². The largest absolute Gasteiger partial charge is 0.491 e. The SMILES string of the molecule is COCc1ccc(C(=O)N2CCC(O)(COc3ccc(C)c(C)c3)CC2)cc1. The van der Waals surface area contributed by atoms with E-state index in [1.165, 1.54) is 11.1 Å². The Kier molecular flexibility index (Phi) is 6.37. The third-order valence-corrected chi connectivity index (χ3v) is 5.48. The first-order chi connectivity index (χ1) is 13.4. The van der Waals surface area contributed by atoms with Gasteiger partial charge in [0.05, 0.1) is 6.61 Å². The zero-order chi connectivity index (χ0) is 20.1. The lowest BCUT2D eigenvalue weighted by atomic mass is 9.92. The number of nitrogens with zero attached hydrogens (tertiary/aromatic N) is 1. The average Bonchev–Trinajstić information content (AvgIpc) is 2.70. The molecule has 0 bridgehead atoms. The fourth-order valence-corrected chi connectivity index (χ4v) is 3.38. The van der Waals surface area contributed by atoms with E-state index in [4.69, 9.17) is 9.47 Å². The highest BCUT2D eigenvalue weighted by atomic mass is 16.5. The predicted molar refractivity (Wildman–Crippen MR) is 109 cm³/mol. The normalized spacial score (nSPS) is 16.1. The molecule has 28 heavy (non-hydrogen) atoms. The first-order valence-electron chi connectivity index (χ1n) is 9.70. The van der Waals surface area contributed by atoms with Crippen molar-refractivity contribution in [2.75, 3.05) is 26.8 Å². The molecule has 0 spiro atoms. The van der Waals surface area contributed by atoms with E-state index in [2.05, 4.69) is 6.92 Å². The summed E-state index contributed by atoms with van der Waals surface area (Å²) in [6, 6.07) is 13.4. The molecule has 0 aliphatic carbocycles. The van der Waals surface area contributed by atoms with E-state index in [-0.39, 0.29) is 12.5 Å². The highest BCUT2D eigenvalue weighted by Crippen LogP contribution is 2.26. The van der Waals surface area contributed by atoms with Crippen molar-refractivity contribution in [3.05, 3.63) is 64.7 Å². The molecule has 2 aromatic rings. The third-order valence-electron chi connectivity index (χ3n) is 5.48. The van der Waals surface area contributed by atoms with Crippen molar-refractivity contribution in [2.45, 2.75) is 38.9 Å². The Labute approximate surface area is 166 Å². The van der Waals surface area contributed by atoms with E-state index >= 15 is 0 Å². The number of amides is 1. The first kappa shape index (κ1) is 20.4. The summed E-state index contributed by atoms with van der Waals surface area (Å²) in [6.07, 6.45) is 1.01. The number of rotatable bonds is 6. The molecule has 1 aliphatic rings. The lowest BCUT2D eigenvalue weighted by molar-refractivity contribution is -0.0475. The molecular formula is C23H29NO4. The van der Waals surface area contributed by atoms with Crippen molar-refractivity contribution < 1.29 is 19.4 Å². The number of ether oxygens (including phenoxy) is 2. The van der Waals surface area contributed by atoms with Gasteiger partial charge in [0.1, 0.15) is 18.0 Å². The number of hydrogen-bond acceptors (Lipinski definition) is 4. The number of benzene rings is 2. The maximum Gasteiger partial charge on any atom is 0.253 e. The summed E-state index contributed by atoms with van der Waals surface area (Å²) in [7, 11) is 1.65. The molecule has 1 fully saturated rings. The minimum atomic E-state index is -0.905. The standard InChI is InChI=1S/C23H29NO4/c1-17-4-9-21(14-18(17)2)28-16-23(26)10-12-24(13-11-23)22(25)20-7-5-19(6-8-20)15-27-3/h4-9,14,26H,10-13,15-16H2,1-3H3. The first-order valence-corrected chi connectivity index (χ1v) is 9.70. The summed E-state index contributed by atoms with van der Waals surface area (Å²) < 4.78 is 10.9. The smallest absolute Gasteiger partial charge is 0.253 e. The summed E-state index contributed by atoms with van der Waals surface area (Å²) in [5.41, 5.74) is 3.18. The number of piperidine rings is 1. The molecule has 1 N–H and O–H groups in total. The number of hydrogen-bond donors (Lipinski definition) is 1.